The summed E-state index contributed by atoms with van der Waals surface area (Å²) >= 11 is 6.10. The van der Waals surface area contributed by atoms with Crippen LogP contribution in [0.15, 0.2) is 42.5 Å². The minimum atomic E-state index is -0.580. The Hall–Kier alpha value is -2.40. The van der Waals surface area contributed by atoms with E-state index in [1.54, 1.807) is 18.2 Å². The molecule has 2 rings (SSSR count). The number of nitrogens with zero attached hydrogens (tertiary/aromatic N) is 1. The molecule has 0 aromatic heterocycles. The van der Waals surface area contributed by atoms with Gasteiger partial charge in [0.25, 0.3) is 5.91 Å². The van der Waals surface area contributed by atoms with Crippen molar-refractivity contribution in [1.82, 2.24) is 5.32 Å². The summed E-state index contributed by atoms with van der Waals surface area (Å²) in [5.74, 6) is -1.27. The van der Waals surface area contributed by atoms with E-state index in [1.807, 2.05) is 13.0 Å². The van der Waals surface area contributed by atoms with Crippen LogP contribution in [0.2, 0.25) is 5.02 Å². The summed E-state index contributed by atoms with van der Waals surface area (Å²) in [6.07, 6.45) is 0. The lowest BCUT2D eigenvalue weighted by atomic mass is 10.2. The SMILES string of the molecule is CC(=O)N(CCNC(=O)c1ccccc1F)c1ccc(C)c(Cl)c1. The van der Waals surface area contributed by atoms with Crippen molar-refractivity contribution in [2.45, 2.75) is 13.8 Å². The van der Waals surface area contributed by atoms with E-state index in [-0.39, 0.29) is 24.6 Å². The Balaban J connectivity index is 2.02. The molecule has 0 radical (unpaired) electrons. The number of anilines is 1. The Morgan fingerprint density at radius 2 is 1.92 bits per heavy atom. The van der Waals surface area contributed by atoms with Crippen molar-refractivity contribution in [2.75, 3.05) is 18.0 Å². The molecule has 4 nitrogen and oxygen atoms in total. The molecule has 0 bridgehead atoms. The highest BCUT2D eigenvalue weighted by molar-refractivity contribution is 6.31. The molecule has 2 amide bonds. The number of hydrogen-bond donors (Lipinski definition) is 1. The van der Waals surface area contributed by atoms with Crippen molar-refractivity contribution in [3.63, 3.8) is 0 Å². The van der Waals surface area contributed by atoms with Crippen LogP contribution < -0.4 is 10.2 Å². The predicted molar refractivity (Wildman–Crippen MR) is 92.9 cm³/mol. The van der Waals surface area contributed by atoms with E-state index < -0.39 is 11.7 Å². The monoisotopic (exact) mass is 348 g/mol. The van der Waals surface area contributed by atoms with Gasteiger partial charge in [-0.2, -0.15) is 0 Å². The van der Waals surface area contributed by atoms with Gasteiger partial charge in [0.1, 0.15) is 5.82 Å². The molecule has 6 heteroatoms. The number of rotatable bonds is 5. The van der Waals surface area contributed by atoms with Gasteiger partial charge in [0, 0.05) is 30.7 Å². The van der Waals surface area contributed by atoms with Crippen LogP contribution in [-0.4, -0.2) is 24.9 Å². The van der Waals surface area contributed by atoms with Gasteiger partial charge in [-0.3, -0.25) is 9.59 Å². The maximum absolute atomic E-state index is 13.6. The highest BCUT2D eigenvalue weighted by atomic mass is 35.5. The summed E-state index contributed by atoms with van der Waals surface area (Å²) in [6.45, 7) is 3.76. The molecule has 0 atom stereocenters. The highest BCUT2D eigenvalue weighted by Gasteiger charge is 2.14. The van der Waals surface area contributed by atoms with Crippen LogP contribution in [-0.2, 0) is 4.79 Å². The second kappa shape index (κ2) is 7.93. The lowest BCUT2D eigenvalue weighted by Gasteiger charge is -2.22. The van der Waals surface area contributed by atoms with E-state index >= 15 is 0 Å². The molecule has 0 aliphatic rings. The standard InChI is InChI=1S/C18H18ClFN2O2/c1-12-7-8-14(11-16(12)19)22(13(2)23)10-9-21-18(24)15-5-3-4-6-17(15)20/h3-8,11H,9-10H2,1-2H3,(H,21,24). The fraction of sp³-hybridized carbons (Fsp3) is 0.222. The second-order valence-electron chi connectivity index (χ2n) is 5.34. The number of carbonyl (C=O) groups excluding carboxylic acids is 2. The van der Waals surface area contributed by atoms with E-state index in [2.05, 4.69) is 5.32 Å². The summed E-state index contributed by atoms with van der Waals surface area (Å²) in [5.41, 5.74) is 1.54. The summed E-state index contributed by atoms with van der Waals surface area (Å²) in [7, 11) is 0. The van der Waals surface area contributed by atoms with Crippen LogP contribution in [0.5, 0.6) is 0 Å². The van der Waals surface area contributed by atoms with E-state index in [1.165, 1.54) is 30.0 Å². The summed E-state index contributed by atoms with van der Waals surface area (Å²) < 4.78 is 13.6. The fourth-order valence-corrected chi connectivity index (χ4v) is 2.41. The molecule has 0 fully saturated rings. The molecule has 0 heterocycles. The molecule has 0 aliphatic heterocycles. The Kier molecular flexibility index (Phi) is 5.93. The minimum Gasteiger partial charge on any atom is -0.350 e. The number of nitrogens with one attached hydrogen (secondary N) is 1. The van der Waals surface area contributed by atoms with E-state index in [4.69, 9.17) is 11.6 Å². The van der Waals surface area contributed by atoms with Crippen LogP contribution in [0.25, 0.3) is 0 Å². The molecule has 0 spiro atoms. The number of carbonyl (C=O) groups is 2. The van der Waals surface area contributed by atoms with Crippen LogP contribution >= 0.6 is 11.6 Å². The van der Waals surface area contributed by atoms with Gasteiger partial charge in [-0.25, -0.2) is 4.39 Å². The first-order valence-electron chi connectivity index (χ1n) is 7.47. The van der Waals surface area contributed by atoms with Crippen LogP contribution in [0.4, 0.5) is 10.1 Å². The molecule has 2 aromatic rings. The largest absolute Gasteiger partial charge is 0.350 e. The third-order valence-electron chi connectivity index (χ3n) is 3.59. The van der Waals surface area contributed by atoms with Crippen molar-refractivity contribution in [1.29, 1.82) is 0 Å². The molecular weight excluding hydrogens is 331 g/mol. The maximum atomic E-state index is 13.6. The number of benzene rings is 2. The molecule has 0 saturated carbocycles. The molecular formula is C18H18ClFN2O2. The van der Waals surface area contributed by atoms with Gasteiger partial charge in [-0.05, 0) is 36.8 Å². The molecule has 1 N–H and O–H groups in total. The number of amides is 2. The van der Waals surface area contributed by atoms with Crippen LogP contribution in [0, 0.1) is 12.7 Å². The van der Waals surface area contributed by atoms with Crippen molar-refractivity contribution in [3.8, 4) is 0 Å². The average Bonchev–Trinajstić information content (AvgIpc) is 2.54. The third-order valence-corrected chi connectivity index (χ3v) is 3.99. The molecule has 24 heavy (non-hydrogen) atoms. The fourth-order valence-electron chi connectivity index (χ4n) is 2.24. The number of hydrogen-bond acceptors (Lipinski definition) is 2. The zero-order valence-corrected chi connectivity index (χ0v) is 14.2. The van der Waals surface area contributed by atoms with Crippen molar-refractivity contribution in [3.05, 3.63) is 64.4 Å². The zero-order valence-electron chi connectivity index (χ0n) is 13.5. The normalized spacial score (nSPS) is 10.3. The Labute approximate surface area is 145 Å². The first-order valence-corrected chi connectivity index (χ1v) is 7.85. The number of aryl methyl sites for hydroxylation is 1. The Bertz CT molecular complexity index is 764. The van der Waals surface area contributed by atoms with Crippen molar-refractivity contribution < 1.29 is 14.0 Å². The summed E-state index contributed by atoms with van der Waals surface area (Å²) in [4.78, 5) is 25.3. The van der Waals surface area contributed by atoms with Gasteiger partial charge in [0.2, 0.25) is 5.91 Å². The average molecular weight is 349 g/mol. The van der Waals surface area contributed by atoms with Gasteiger partial charge in [-0.1, -0.05) is 29.8 Å². The van der Waals surface area contributed by atoms with Gasteiger partial charge >= 0.3 is 0 Å². The molecule has 0 aliphatic carbocycles. The quantitative estimate of drug-likeness (QED) is 0.898. The first kappa shape index (κ1) is 17.9. The van der Waals surface area contributed by atoms with Gasteiger partial charge in [0.15, 0.2) is 0 Å². The highest BCUT2D eigenvalue weighted by Crippen LogP contribution is 2.23. The van der Waals surface area contributed by atoms with E-state index in [9.17, 15) is 14.0 Å². The lowest BCUT2D eigenvalue weighted by molar-refractivity contribution is -0.116. The molecule has 2 aromatic carbocycles. The number of halogens is 2. The minimum absolute atomic E-state index is 0.0229. The smallest absolute Gasteiger partial charge is 0.254 e. The topological polar surface area (TPSA) is 49.4 Å². The van der Waals surface area contributed by atoms with Crippen molar-refractivity contribution >= 4 is 29.1 Å². The maximum Gasteiger partial charge on any atom is 0.254 e. The second-order valence-corrected chi connectivity index (χ2v) is 5.75. The summed E-state index contributed by atoms with van der Waals surface area (Å²) in [6, 6.07) is 11.1. The molecule has 126 valence electrons. The Morgan fingerprint density at radius 3 is 2.54 bits per heavy atom. The molecule has 0 saturated heterocycles. The molecule has 0 unspecified atom stereocenters. The van der Waals surface area contributed by atoms with E-state index in [0.717, 1.165) is 5.56 Å². The predicted octanol–water partition coefficient (Wildman–Crippen LogP) is 3.57. The Morgan fingerprint density at radius 1 is 1.21 bits per heavy atom. The van der Waals surface area contributed by atoms with Gasteiger partial charge < -0.3 is 10.2 Å². The van der Waals surface area contributed by atoms with Gasteiger partial charge in [-0.15, -0.1) is 0 Å². The van der Waals surface area contributed by atoms with Crippen LogP contribution in [0.3, 0.4) is 0 Å². The first-order chi connectivity index (χ1) is 11.4. The third kappa shape index (κ3) is 4.32. The summed E-state index contributed by atoms with van der Waals surface area (Å²) in [5, 5.41) is 3.18. The zero-order chi connectivity index (χ0) is 17.7. The lowest BCUT2D eigenvalue weighted by Crippen LogP contribution is -2.37. The van der Waals surface area contributed by atoms with Crippen LogP contribution in [0.1, 0.15) is 22.8 Å². The van der Waals surface area contributed by atoms with E-state index in [0.29, 0.717) is 10.7 Å². The van der Waals surface area contributed by atoms with Gasteiger partial charge in [0.05, 0.1) is 5.56 Å². The van der Waals surface area contributed by atoms with Crippen molar-refractivity contribution in [2.24, 2.45) is 0 Å².